The van der Waals surface area contributed by atoms with Gasteiger partial charge < -0.3 is 20.4 Å². The predicted octanol–water partition coefficient (Wildman–Crippen LogP) is 4.45. The molecule has 0 bridgehead atoms. The van der Waals surface area contributed by atoms with Crippen LogP contribution in [0, 0.1) is 0 Å². The van der Waals surface area contributed by atoms with Gasteiger partial charge in [-0.3, -0.25) is 9.79 Å². The highest BCUT2D eigenvalue weighted by atomic mass is 127. The number of halogens is 1. The molecule has 0 atom stereocenters. The van der Waals surface area contributed by atoms with Crippen molar-refractivity contribution >= 4 is 41.5 Å². The van der Waals surface area contributed by atoms with Gasteiger partial charge in [-0.25, -0.2) is 0 Å². The average molecular weight is 518 g/mol. The molecule has 0 unspecified atom stereocenters. The monoisotopic (exact) mass is 518 g/mol. The molecule has 0 fully saturated rings. The number of hydrogen-bond donors (Lipinski definition) is 3. The van der Waals surface area contributed by atoms with Crippen LogP contribution in [-0.4, -0.2) is 25.5 Å². The van der Waals surface area contributed by atoms with Gasteiger partial charge in [0, 0.05) is 25.8 Å². The summed E-state index contributed by atoms with van der Waals surface area (Å²) in [5.41, 5.74) is 3.09. The Kier molecular flexibility index (Phi) is 9.93. The van der Waals surface area contributed by atoms with Crippen LogP contribution < -0.4 is 16.0 Å². The van der Waals surface area contributed by atoms with Crippen molar-refractivity contribution < 1.29 is 9.21 Å². The van der Waals surface area contributed by atoms with Crippen molar-refractivity contribution in [3.8, 4) is 0 Å². The van der Waals surface area contributed by atoms with Crippen LogP contribution >= 0.6 is 24.0 Å². The van der Waals surface area contributed by atoms with E-state index in [0.29, 0.717) is 6.54 Å². The number of benzene rings is 2. The van der Waals surface area contributed by atoms with E-state index >= 15 is 0 Å². The summed E-state index contributed by atoms with van der Waals surface area (Å²) in [5, 5.41) is 9.47. The molecule has 0 aliphatic rings. The van der Waals surface area contributed by atoms with Crippen LogP contribution in [0.1, 0.15) is 28.1 Å². The second-order valence-corrected chi connectivity index (χ2v) is 6.57. The van der Waals surface area contributed by atoms with Crippen molar-refractivity contribution in [3.63, 3.8) is 0 Å². The van der Waals surface area contributed by atoms with Gasteiger partial charge in [0.15, 0.2) is 11.7 Å². The third-order valence-electron chi connectivity index (χ3n) is 4.39. The Labute approximate surface area is 194 Å². The Hall–Kier alpha value is -2.81. The Bertz CT molecular complexity index is 927. The fraction of sp³-hybridized carbons (Fsp3) is 0.217. The quantitative estimate of drug-likeness (QED) is 0.178. The lowest BCUT2D eigenvalue weighted by Crippen LogP contribution is -2.37. The number of anilines is 1. The molecule has 2 aromatic carbocycles. The van der Waals surface area contributed by atoms with Crippen LogP contribution in [0.2, 0.25) is 0 Å². The van der Waals surface area contributed by atoms with Gasteiger partial charge in [-0.1, -0.05) is 42.5 Å². The number of nitrogens with one attached hydrogen (secondary N) is 3. The van der Waals surface area contributed by atoms with Crippen LogP contribution in [0.15, 0.2) is 82.4 Å². The zero-order valence-electron chi connectivity index (χ0n) is 16.9. The van der Waals surface area contributed by atoms with Gasteiger partial charge in [-0.15, -0.1) is 24.0 Å². The number of carbonyl (C=O) groups is 1. The van der Waals surface area contributed by atoms with Crippen molar-refractivity contribution in [2.24, 2.45) is 4.99 Å². The molecule has 158 valence electrons. The summed E-state index contributed by atoms with van der Waals surface area (Å²) >= 11 is 0. The first kappa shape index (κ1) is 23.5. The molecule has 1 aromatic heterocycles. The Morgan fingerprint density at radius 3 is 2.50 bits per heavy atom. The van der Waals surface area contributed by atoms with Crippen LogP contribution in [-0.2, 0) is 13.0 Å². The first-order valence-electron chi connectivity index (χ1n) is 9.67. The highest BCUT2D eigenvalue weighted by Gasteiger charge is 2.08. The van der Waals surface area contributed by atoms with Gasteiger partial charge in [-0.2, -0.15) is 0 Å². The van der Waals surface area contributed by atoms with Crippen LogP contribution in [0.3, 0.4) is 0 Å². The normalized spacial score (nSPS) is 10.8. The van der Waals surface area contributed by atoms with Crippen molar-refractivity contribution in [2.45, 2.75) is 19.4 Å². The summed E-state index contributed by atoms with van der Waals surface area (Å²) in [6.45, 7) is 1.44. The predicted molar refractivity (Wildman–Crippen MR) is 131 cm³/mol. The first-order chi connectivity index (χ1) is 14.2. The molecular weight excluding hydrogens is 491 g/mol. The summed E-state index contributed by atoms with van der Waals surface area (Å²) in [6.07, 6.45) is 3.54. The van der Waals surface area contributed by atoms with Crippen molar-refractivity contribution in [1.82, 2.24) is 10.6 Å². The van der Waals surface area contributed by atoms with Gasteiger partial charge in [-0.05, 0) is 48.2 Å². The molecular formula is C23H27IN4O2. The summed E-state index contributed by atoms with van der Waals surface area (Å²) in [5.74, 6) is 0.771. The molecule has 0 aliphatic carbocycles. The zero-order valence-corrected chi connectivity index (χ0v) is 19.3. The third-order valence-corrected chi connectivity index (χ3v) is 4.39. The van der Waals surface area contributed by atoms with Crippen LogP contribution in [0.5, 0.6) is 0 Å². The maximum Gasteiger partial charge on any atom is 0.291 e. The number of nitrogens with zero attached hydrogens (tertiary/aromatic N) is 1. The fourth-order valence-corrected chi connectivity index (χ4v) is 2.91. The molecule has 3 aromatic rings. The largest absolute Gasteiger partial charge is 0.459 e. The van der Waals surface area contributed by atoms with Crippen LogP contribution in [0.25, 0.3) is 0 Å². The number of amides is 1. The molecule has 3 N–H and O–H groups in total. The number of aliphatic imine (C=N–C) groups is 1. The van der Waals surface area contributed by atoms with E-state index in [1.807, 2.05) is 30.3 Å². The summed E-state index contributed by atoms with van der Waals surface area (Å²) < 4.78 is 5.12. The minimum atomic E-state index is -0.268. The molecule has 0 saturated heterocycles. The average Bonchev–Trinajstić information content (AvgIpc) is 3.29. The number of carbonyl (C=O) groups excluding carboxylic acids is 1. The zero-order chi connectivity index (χ0) is 20.3. The summed E-state index contributed by atoms with van der Waals surface area (Å²) in [6, 6.07) is 21.5. The van der Waals surface area contributed by atoms with E-state index in [9.17, 15) is 4.79 Å². The highest BCUT2D eigenvalue weighted by molar-refractivity contribution is 14.0. The molecule has 30 heavy (non-hydrogen) atoms. The Morgan fingerprint density at radius 1 is 0.967 bits per heavy atom. The maximum atomic E-state index is 12.1. The number of furan rings is 1. The maximum absolute atomic E-state index is 12.1. The number of aryl methyl sites for hydroxylation is 1. The molecule has 0 spiro atoms. The second-order valence-electron chi connectivity index (χ2n) is 6.57. The van der Waals surface area contributed by atoms with E-state index in [-0.39, 0.29) is 35.6 Å². The standard InChI is InChI=1S/C23H26N4O2.HI/c1-24-23(25-14-6-11-18-8-3-2-4-9-18)26-17-19-10-5-12-20(16-19)27-22(28)21-13-7-15-29-21;/h2-5,7-10,12-13,15-16H,6,11,14,17H2,1H3,(H,27,28)(H2,24,25,26);1H. The lowest BCUT2D eigenvalue weighted by atomic mass is 10.1. The highest BCUT2D eigenvalue weighted by Crippen LogP contribution is 2.12. The Balaban J connectivity index is 0.00000320. The van der Waals surface area contributed by atoms with Crippen LogP contribution in [0.4, 0.5) is 5.69 Å². The minimum Gasteiger partial charge on any atom is -0.459 e. The number of guanidine groups is 1. The lowest BCUT2D eigenvalue weighted by molar-refractivity contribution is 0.0996. The molecule has 0 radical (unpaired) electrons. The molecule has 0 aliphatic heterocycles. The number of hydrogen-bond acceptors (Lipinski definition) is 3. The molecule has 0 saturated carbocycles. The molecule has 1 heterocycles. The molecule has 6 nitrogen and oxygen atoms in total. The van der Waals surface area contributed by atoms with E-state index in [1.54, 1.807) is 19.2 Å². The third kappa shape index (κ3) is 7.55. The van der Waals surface area contributed by atoms with E-state index < -0.39 is 0 Å². The van der Waals surface area contributed by atoms with Crippen molar-refractivity contribution in [3.05, 3.63) is 89.9 Å². The van der Waals surface area contributed by atoms with E-state index in [2.05, 4.69) is 45.2 Å². The van der Waals surface area contributed by atoms with Gasteiger partial charge in [0.2, 0.25) is 0 Å². The summed E-state index contributed by atoms with van der Waals surface area (Å²) in [7, 11) is 1.76. The van der Waals surface area contributed by atoms with E-state index in [1.165, 1.54) is 11.8 Å². The summed E-state index contributed by atoms with van der Waals surface area (Å²) in [4.78, 5) is 16.4. The van der Waals surface area contributed by atoms with Gasteiger partial charge in [0.05, 0.1) is 6.26 Å². The fourth-order valence-electron chi connectivity index (χ4n) is 2.91. The molecule has 7 heteroatoms. The smallest absolute Gasteiger partial charge is 0.291 e. The van der Waals surface area contributed by atoms with E-state index in [4.69, 9.17) is 4.42 Å². The van der Waals surface area contributed by atoms with Crippen molar-refractivity contribution in [2.75, 3.05) is 18.9 Å². The van der Waals surface area contributed by atoms with E-state index in [0.717, 1.165) is 36.6 Å². The second kappa shape index (κ2) is 12.7. The molecule has 3 rings (SSSR count). The molecule has 1 amide bonds. The first-order valence-corrected chi connectivity index (χ1v) is 9.67. The Morgan fingerprint density at radius 2 is 1.77 bits per heavy atom. The van der Waals surface area contributed by atoms with Gasteiger partial charge in [0.25, 0.3) is 5.91 Å². The van der Waals surface area contributed by atoms with Crippen molar-refractivity contribution in [1.29, 1.82) is 0 Å². The van der Waals surface area contributed by atoms with Gasteiger partial charge >= 0.3 is 0 Å². The SMILES string of the molecule is CN=C(NCCCc1ccccc1)NCc1cccc(NC(=O)c2ccco2)c1.I. The lowest BCUT2D eigenvalue weighted by Gasteiger charge is -2.13. The topological polar surface area (TPSA) is 78.7 Å². The number of rotatable bonds is 8. The minimum absolute atomic E-state index is 0. The van der Waals surface area contributed by atoms with Gasteiger partial charge in [0.1, 0.15) is 0 Å².